The fourth-order valence-electron chi connectivity index (χ4n) is 3.22. The molecule has 0 saturated carbocycles. The van der Waals surface area contributed by atoms with E-state index in [0.717, 1.165) is 11.1 Å². The summed E-state index contributed by atoms with van der Waals surface area (Å²) in [5.74, 6) is 0.569. The zero-order chi connectivity index (χ0) is 24.0. The monoisotopic (exact) mass is 456 g/mol. The highest BCUT2D eigenvalue weighted by atomic mass is 32.1. The van der Waals surface area contributed by atoms with E-state index in [1.807, 2.05) is 24.3 Å². The van der Waals surface area contributed by atoms with E-state index in [9.17, 15) is 10.1 Å². The van der Waals surface area contributed by atoms with Gasteiger partial charge in [-0.05, 0) is 46.6 Å². The first kappa shape index (κ1) is 24.1. The van der Waals surface area contributed by atoms with Crippen molar-refractivity contribution in [1.82, 2.24) is 5.43 Å². The van der Waals surface area contributed by atoms with Crippen LogP contribution in [-0.4, -0.2) is 18.3 Å². The number of amides is 1. The fraction of sp³-hybridized carbons (Fsp3) is 0.259. The Morgan fingerprint density at radius 1 is 0.939 bits per heavy atom. The molecule has 1 heterocycles. The van der Waals surface area contributed by atoms with E-state index in [4.69, 9.17) is 0 Å². The van der Waals surface area contributed by atoms with Crippen molar-refractivity contribution in [2.75, 3.05) is 0 Å². The van der Waals surface area contributed by atoms with Gasteiger partial charge in [-0.2, -0.15) is 10.4 Å². The predicted octanol–water partition coefficient (Wildman–Crippen LogP) is 6.69. The van der Waals surface area contributed by atoms with Crippen molar-refractivity contribution in [2.45, 2.75) is 46.5 Å². The van der Waals surface area contributed by atoms with Crippen LogP contribution in [0.5, 0.6) is 0 Å². The van der Waals surface area contributed by atoms with Gasteiger partial charge in [-0.15, -0.1) is 11.3 Å². The number of hydrogen-bond donors (Lipinski definition) is 1. The number of benzene rings is 2. The summed E-state index contributed by atoms with van der Waals surface area (Å²) in [6.45, 7) is 10.3. The molecule has 2 aromatic carbocycles. The number of nitrogens with zero attached hydrogens (tertiary/aromatic N) is 3. The molecule has 0 bridgehead atoms. The maximum Gasteiger partial charge on any atom is 0.281 e. The molecule has 5 nitrogen and oxygen atoms in total. The van der Waals surface area contributed by atoms with Gasteiger partial charge in [-0.3, -0.25) is 4.79 Å². The van der Waals surface area contributed by atoms with Crippen molar-refractivity contribution >= 4 is 34.7 Å². The van der Waals surface area contributed by atoms with E-state index in [1.54, 1.807) is 19.4 Å². The Hall–Kier alpha value is -3.56. The third kappa shape index (κ3) is 6.03. The lowest BCUT2D eigenvalue weighted by Gasteiger charge is -2.04. The smallest absolute Gasteiger partial charge is 0.266 e. The highest BCUT2D eigenvalue weighted by molar-refractivity contribution is 7.18. The molecule has 1 amide bonds. The molecule has 0 aliphatic heterocycles. The van der Waals surface area contributed by atoms with Crippen molar-refractivity contribution in [3.05, 3.63) is 86.8 Å². The normalized spacial score (nSPS) is 11.6. The van der Waals surface area contributed by atoms with Gasteiger partial charge in [0.25, 0.3) is 5.91 Å². The minimum Gasteiger partial charge on any atom is -0.266 e. The Kier molecular flexibility index (Phi) is 7.92. The number of nitrogens with one attached hydrogen (secondary N) is 1. The molecule has 3 aromatic rings. The summed E-state index contributed by atoms with van der Waals surface area (Å²) in [6.07, 6.45) is 3.33. The van der Waals surface area contributed by atoms with Crippen molar-refractivity contribution < 1.29 is 4.79 Å². The van der Waals surface area contributed by atoms with Crippen LogP contribution in [-0.2, 0) is 0 Å². The van der Waals surface area contributed by atoms with Crippen LogP contribution in [0.25, 0.3) is 0 Å². The Morgan fingerprint density at radius 2 is 1.45 bits per heavy atom. The number of thiophene rings is 1. The summed E-state index contributed by atoms with van der Waals surface area (Å²) in [5, 5.41) is 14.2. The van der Waals surface area contributed by atoms with E-state index < -0.39 is 0 Å². The van der Waals surface area contributed by atoms with Crippen molar-refractivity contribution in [3.8, 4) is 6.07 Å². The number of nitriles is 1. The predicted molar refractivity (Wildman–Crippen MR) is 137 cm³/mol. The van der Waals surface area contributed by atoms with E-state index in [2.05, 4.69) is 73.5 Å². The lowest BCUT2D eigenvalue weighted by molar-refractivity contribution is 0.0958. The van der Waals surface area contributed by atoms with Crippen LogP contribution >= 0.6 is 11.3 Å². The van der Waals surface area contributed by atoms with Crippen LogP contribution < -0.4 is 5.43 Å². The second-order valence-electron chi connectivity index (χ2n) is 8.45. The Bertz CT molecular complexity index is 1210. The van der Waals surface area contributed by atoms with Gasteiger partial charge >= 0.3 is 0 Å². The average Bonchev–Trinajstić information content (AvgIpc) is 3.13. The molecule has 0 aliphatic rings. The largest absolute Gasteiger partial charge is 0.281 e. The number of hydrazone groups is 1. The van der Waals surface area contributed by atoms with E-state index in [1.165, 1.54) is 22.5 Å². The molecule has 168 valence electrons. The minimum absolute atomic E-state index is 0.355. The number of carbonyl (C=O) groups is 1. The first-order valence-corrected chi connectivity index (χ1v) is 11.7. The van der Waals surface area contributed by atoms with Crippen LogP contribution in [0.3, 0.4) is 0 Å². The highest BCUT2D eigenvalue weighted by Crippen LogP contribution is 2.34. The van der Waals surface area contributed by atoms with Gasteiger partial charge in [-0.1, -0.05) is 76.2 Å². The van der Waals surface area contributed by atoms with Gasteiger partial charge in [0.15, 0.2) is 0 Å². The van der Waals surface area contributed by atoms with Crippen LogP contribution in [0.4, 0.5) is 5.00 Å². The molecule has 0 radical (unpaired) electrons. The molecular formula is C27H28N4OS. The minimum atomic E-state index is -0.355. The first-order chi connectivity index (χ1) is 15.8. The molecule has 1 N–H and O–H groups in total. The highest BCUT2D eigenvalue weighted by Gasteiger charge is 2.19. The third-order valence-corrected chi connectivity index (χ3v) is 6.56. The Morgan fingerprint density at radius 3 is 1.94 bits per heavy atom. The molecule has 0 atom stereocenters. The maximum absolute atomic E-state index is 12.7. The number of hydrogen-bond acceptors (Lipinski definition) is 5. The van der Waals surface area contributed by atoms with Gasteiger partial charge < -0.3 is 0 Å². The van der Waals surface area contributed by atoms with Gasteiger partial charge in [0.2, 0.25) is 0 Å². The quantitative estimate of drug-likeness (QED) is 0.317. The first-order valence-electron chi connectivity index (χ1n) is 10.9. The molecule has 3 rings (SSSR count). The van der Waals surface area contributed by atoms with Gasteiger partial charge in [0.05, 0.1) is 11.8 Å². The van der Waals surface area contributed by atoms with Gasteiger partial charge in [0.1, 0.15) is 15.9 Å². The Balaban J connectivity index is 1.73. The zero-order valence-electron chi connectivity index (χ0n) is 19.6. The lowest BCUT2D eigenvalue weighted by Crippen LogP contribution is -2.17. The SMILES string of the molecule is Cc1c(C(=O)NN=Cc2ccc(C(C)C)cc2)sc(N=Cc2ccc(C(C)C)cc2)c1C#N. The van der Waals surface area contributed by atoms with Crippen molar-refractivity contribution in [3.63, 3.8) is 0 Å². The second-order valence-corrected chi connectivity index (χ2v) is 9.45. The number of aliphatic imine (C=N–C) groups is 1. The van der Waals surface area contributed by atoms with Crippen molar-refractivity contribution in [1.29, 1.82) is 5.26 Å². The summed E-state index contributed by atoms with van der Waals surface area (Å²) in [7, 11) is 0. The average molecular weight is 457 g/mol. The molecular weight excluding hydrogens is 428 g/mol. The van der Waals surface area contributed by atoms with Gasteiger partial charge in [0, 0.05) is 6.21 Å². The Labute approximate surface area is 199 Å². The third-order valence-electron chi connectivity index (χ3n) is 5.36. The zero-order valence-corrected chi connectivity index (χ0v) is 20.4. The van der Waals surface area contributed by atoms with Crippen molar-refractivity contribution in [2.24, 2.45) is 10.1 Å². The number of carbonyl (C=O) groups excluding carboxylic acids is 1. The molecule has 0 fully saturated rings. The molecule has 0 spiro atoms. The molecule has 1 aromatic heterocycles. The molecule has 0 unspecified atom stereocenters. The lowest BCUT2D eigenvalue weighted by atomic mass is 10.0. The summed E-state index contributed by atoms with van der Waals surface area (Å²) in [6, 6.07) is 18.4. The summed E-state index contributed by atoms with van der Waals surface area (Å²) >= 11 is 1.19. The maximum atomic E-state index is 12.7. The molecule has 0 aliphatic carbocycles. The van der Waals surface area contributed by atoms with Crippen LogP contribution in [0, 0.1) is 18.3 Å². The molecule has 33 heavy (non-hydrogen) atoms. The fourth-order valence-corrected chi connectivity index (χ4v) is 4.21. The molecule has 6 heteroatoms. The topological polar surface area (TPSA) is 77.6 Å². The van der Waals surface area contributed by atoms with Crippen LogP contribution in [0.15, 0.2) is 58.6 Å². The standard InChI is InChI=1S/C27H28N4OS/c1-17(2)22-10-6-20(7-11-22)15-29-27-24(14-28)19(5)25(33-27)26(32)31-30-16-21-8-12-23(13-9-21)18(3)4/h6-13,15-18H,1-5H3,(H,31,32). The molecule has 0 saturated heterocycles. The van der Waals surface area contributed by atoms with E-state index in [0.29, 0.717) is 32.8 Å². The summed E-state index contributed by atoms with van der Waals surface area (Å²) in [4.78, 5) is 17.6. The van der Waals surface area contributed by atoms with E-state index >= 15 is 0 Å². The number of rotatable bonds is 7. The van der Waals surface area contributed by atoms with E-state index in [-0.39, 0.29) is 5.91 Å². The summed E-state index contributed by atoms with van der Waals surface area (Å²) < 4.78 is 0. The van der Waals surface area contributed by atoms with Gasteiger partial charge in [-0.25, -0.2) is 10.4 Å². The van der Waals surface area contributed by atoms with Crippen LogP contribution in [0.1, 0.15) is 82.6 Å². The van der Waals surface area contributed by atoms with Crippen LogP contribution in [0.2, 0.25) is 0 Å². The summed E-state index contributed by atoms with van der Waals surface area (Å²) in [5.41, 5.74) is 7.92. The second kappa shape index (κ2) is 10.8.